The summed E-state index contributed by atoms with van der Waals surface area (Å²) in [6.45, 7) is 0.520. The molecule has 0 spiro atoms. The number of thiocarbonyl (C=S) groups is 1. The highest BCUT2D eigenvalue weighted by atomic mass is 32.1. The van der Waals surface area contributed by atoms with Gasteiger partial charge >= 0.3 is 11.2 Å². The molecular formula is C16H18O4S. The summed E-state index contributed by atoms with van der Waals surface area (Å²) < 4.78 is 16.3. The Balaban J connectivity index is 1.43. The number of ether oxygens (including phenoxy) is 3. The Morgan fingerprint density at radius 1 is 1.29 bits per heavy atom. The molecule has 21 heavy (non-hydrogen) atoms. The molecule has 1 aromatic carbocycles. The zero-order valence-electron chi connectivity index (χ0n) is 11.7. The van der Waals surface area contributed by atoms with E-state index in [1.165, 1.54) is 0 Å². The van der Waals surface area contributed by atoms with Crippen molar-refractivity contribution in [1.29, 1.82) is 0 Å². The van der Waals surface area contributed by atoms with Crippen LogP contribution in [-0.4, -0.2) is 23.9 Å². The first-order chi connectivity index (χ1) is 10.2. The lowest BCUT2D eigenvalue weighted by atomic mass is 9.80. The Kier molecular flexibility index (Phi) is 4.39. The van der Waals surface area contributed by atoms with Gasteiger partial charge in [-0.15, -0.1) is 0 Å². The number of carbonyl (C=O) groups excluding carboxylic acids is 1. The molecule has 4 nitrogen and oxygen atoms in total. The molecular weight excluding hydrogens is 288 g/mol. The van der Waals surface area contributed by atoms with Gasteiger partial charge in [-0.25, -0.2) is 0 Å². The number of para-hydroxylation sites is 1. The molecule has 0 N–H and O–H groups in total. The van der Waals surface area contributed by atoms with Gasteiger partial charge in [0.1, 0.15) is 11.9 Å². The quantitative estimate of drug-likeness (QED) is 0.634. The van der Waals surface area contributed by atoms with Crippen LogP contribution in [0.5, 0.6) is 5.75 Å². The molecule has 2 aliphatic rings. The molecule has 3 rings (SSSR count). The van der Waals surface area contributed by atoms with Crippen molar-refractivity contribution in [2.24, 2.45) is 11.8 Å². The Morgan fingerprint density at radius 3 is 2.90 bits per heavy atom. The minimum atomic E-state index is -0.0606. The van der Waals surface area contributed by atoms with E-state index in [4.69, 9.17) is 26.4 Å². The lowest BCUT2D eigenvalue weighted by Gasteiger charge is -2.29. The molecule has 0 unspecified atom stereocenters. The van der Waals surface area contributed by atoms with E-state index in [1.54, 1.807) is 0 Å². The number of rotatable bonds is 3. The topological polar surface area (TPSA) is 44.8 Å². The molecule has 0 bridgehead atoms. The molecule has 1 heterocycles. The maximum absolute atomic E-state index is 11.3. The third-order valence-electron chi connectivity index (χ3n) is 4.13. The Morgan fingerprint density at radius 2 is 2.10 bits per heavy atom. The molecule has 1 saturated carbocycles. The van der Waals surface area contributed by atoms with Crippen LogP contribution in [0.2, 0.25) is 0 Å². The second kappa shape index (κ2) is 6.43. The van der Waals surface area contributed by atoms with Crippen LogP contribution in [0.3, 0.4) is 0 Å². The normalized spacial score (nSPS) is 27.6. The zero-order chi connectivity index (χ0) is 14.7. The van der Waals surface area contributed by atoms with Gasteiger partial charge in [-0.05, 0) is 37.3 Å². The summed E-state index contributed by atoms with van der Waals surface area (Å²) in [6.07, 6.45) is 3.59. The van der Waals surface area contributed by atoms with Gasteiger partial charge in [-0.1, -0.05) is 18.2 Å². The highest BCUT2D eigenvalue weighted by molar-refractivity contribution is 7.79. The van der Waals surface area contributed by atoms with Crippen molar-refractivity contribution in [1.82, 2.24) is 0 Å². The fraction of sp³-hybridized carbons (Fsp3) is 0.500. The number of benzene rings is 1. The van der Waals surface area contributed by atoms with Gasteiger partial charge in [0, 0.05) is 18.1 Å². The van der Waals surface area contributed by atoms with Crippen molar-refractivity contribution >= 4 is 23.4 Å². The van der Waals surface area contributed by atoms with Crippen LogP contribution in [0.15, 0.2) is 30.3 Å². The molecule has 5 heteroatoms. The Hall–Kier alpha value is -1.62. The number of hydrogen-bond donors (Lipinski definition) is 0. The molecule has 1 saturated heterocycles. The Labute approximate surface area is 129 Å². The highest BCUT2D eigenvalue weighted by Gasteiger charge is 2.39. The number of hydrogen-bond acceptors (Lipinski definition) is 5. The molecule has 112 valence electrons. The summed E-state index contributed by atoms with van der Waals surface area (Å²) in [5, 5.41) is 0.145. The molecule has 0 radical (unpaired) electrons. The minimum absolute atomic E-state index is 0.0606. The van der Waals surface area contributed by atoms with E-state index in [9.17, 15) is 4.79 Å². The number of carbonyl (C=O) groups is 1. The van der Waals surface area contributed by atoms with E-state index in [2.05, 4.69) is 0 Å². The van der Waals surface area contributed by atoms with Crippen molar-refractivity contribution in [3.63, 3.8) is 0 Å². The van der Waals surface area contributed by atoms with Gasteiger partial charge in [0.15, 0.2) is 0 Å². The molecule has 1 aromatic rings. The minimum Gasteiger partial charge on any atom is -0.462 e. The van der Waals surface area contributed by atoms with Gasteiger partial charge in [-0.2, -0.15) is 0 Å². The third kappa shape index (κ3) is 3.73. The zero-order valence-corrected chi connectivity index (χ0v) is 12.5. The standard InChI is InChI=1S/C16H18O4S/c17-15-9-12-7-6-11(8-14(12)20-15)10-18-16(21)19-13-4-2-1-3-5-13/h1-5,11-12,14H,6-10H2/t11-,12-,14-/m1/s1. The number of esters is 1. The smallest absolute Gasteiger partial charge is 0.357 e. The van der Waals surface area contributed by atoms with Crippen LogP contribution in [0, 0.1) is 11.8 Å². The van der Waals surface area contributed by atoms with E-state index >= 15 is 0 Å². The molecule has 1 aliphatic carbocycles. The summed E-state index contributed by atoms with van der Waals surface area (Å²) in [5.41, 5.74) is 0. The van der Waals surface area contributed by atoms with E-state index in [1.807, 2.05) is 30.3 Å². The first-order valence-corrected chi connectivity index (χ1v) is 7.70. The predicted molar refractivity (Wildman–Crippen MR) is 80.9 cm³/mol. The molecule has 3 atom stereocenters. The average Bonchev–Trinajstić information content (AvgIpc) is 2.85. The van der Waals surface area contributed by atoms with Crippen molar-refractivity contribution in [3.05, 3.63) is 30.3 Å². The van der Waals surface area contributed by atoms with Gasteiger partial charge in [-0.3, -0.25) is 4.79 Å². The van der Waals surface area contributed by atoms with Gasteiger partial charge < -0.3 is 14.2 Å². The monoisotopic (exact) mass is 306 g/mol. The first-order valence-electron chi connectivity index (χ1n) is 7.30. The summed E-state index contributed by atoms with van der Waals surface area (Å²) in [5.74, 6) is 1.39. The van der Waals surface area contributed by atoms with E-state index in [0.717, 1.165) is 19.3 Å². The molecule has 0 aromatic heterocycles. The average molecular weight is 306 g/mol. The highest BCUT2D eigenvalue weighted by Crippen LogP contribution is 2.37. The fourth-order valence-corrected chi connectivity index (χ4v) is 3.20. The van der Waals surface area contributed by atoms with Crippen LogP contribution >= 0.6 is 12.2 Å². The van der Waals surface area contributed by atoms with Crippen molar-refractivity contribution in [2.75, 3.05) is 6.61 Å². The van der Waals surface area contributed by atoms with Gasteiger partial charge in [0.2, 0.25) is 0 Å². The van der Waals surface area contributed by atoms with Gasteiger partial charge in [0.25, 0.3) is 0 Å². The third-order valence-corrected chi connectivity index (χ3v) is 4.33. The molecule has 2 fully saturated rings. The van der Waals surface area contributed by atoms with Crippen molar-refractivity contribution in [2.45, 2.75) is 31.8 Å². The molecule has 0 amide bonds. The van der Waals surface area contributed by atoms with Crippen molar-refractivity contribution < 1.29 is 19.0 Å². The van der Waals surface area contributed by atoms with E-state index in [0.29, 0.717) is 30.6 Å². The van der Waals surface area contributed by atoms with Crippen molar-refractivity contribution in [3.8, 4) is 5.75 Å². The fourth-order valence-electron chi connectivity index (χ4n) is 3.03. The van der Waals surface area contributed by atoms with Crippen LogP contribution < -0.4 is 4.74 Å². The van der Waals surface area contributed by atoms with Crippen LogP contribution in [0.1, 0.15) is 25.7 Å². The van der Waals surface area contributed by atoms with Crippen LogP contribution in [0.4, 0.5) is 0 Å². The maximum atomic E-state index is 11.3. The SMILES string of the molecule is O=C1C[C@H]2CC[C@@H](COC(=S)Oc3ccccc3)C[C@H]2O1. The second-order valence-electron chi connectivity index (χ2n) is 5.65. The summed E-state index contributed by atoms with van der Waals surface area (Å²) >= 11 is 5.09. The summed E-state index contributed by atoms with van der Waals surface area (Å²) in [4.78, 5) is 11.3. The predicted octanol–water partition coefficient (Wildman–Crippen LogP) is 3.10. The first kappa shape index (κ1) is 14.3. The molecule has 1 aliphatic heterocycles. The lowest BCUT2D eigenvalue weighted by Crippen LogP contribution is -2.29. The largest absolute Gasteiger partial charge is 0.462 e. The Bertz CT molecular complexity index is 516. The number of fused-ring (bicyclic) bond motifs is 1. The van der Waals surface area contributed by atoms with E-state index < -0.39 is 0 Å². The summed E-state index contributed by atoms with van der Waals surface area (Å²) in [6, 6.07) is 9.34. The summed E-state index contributed by atoms with van der Waals surface area (Å²) in [7, 11) is 0. The second-order valence-corrected chi connectivity index (χ2v) is 5.98. The van der Waals surface area contributed by atoms with Crippen LogP contribution in [-0.2, 0) is 14.3 Å². The maximum Gasteiger partial charge on any atom is 0.357 e. The van der Waals surface area contributed by atoms with Crippen LogP contribution in [0.25, 0.3) is 0 Å². The van der Waals surface area contributed by atoms with E-state index in [-0.39, 0.29) is 17.3 Å². The lowest BCUT2D eigenvalue weighted by molar-refractivity contribution is -0.142. The van der Waals surface area contributed by atoms with Gasteiger partial charge in [0.05, 0.1) is 13.0 Å².